The third-order valence-corrected chi connectivity index (χ3v) is 2.66. The Morgan fingerprint density at radius 1 is 1.33 bits per heavy atom. The van der Waals surface area contributed by atoms with E-state index in [4.69, 9.17) is 4.74 Å². The van der Waals surface area contributed by atoms with Crippen LogP contribution in [0.4, 0.5) is 0 Å². The molecule has 0 bridgehead atoms. The van der Waals surface area contributed by atoms with Gasteiger partial charge in [0.1, 0.15) is 0 Å². The molecule has 0 fully saturated rings. The smallest absolute Gasteiger partial charge is 0.0677 e. The molecule has 1 aliphatic rings. The highest BCUT2D eigenvalue weighted by Crippen LogP contribution is 2.17. The Balaban J connectivity index is 1.99. The number of nitrogens with one attached hydrogen (secondary N) is 1. The maximum atomic E-state index is 5.40. The largest absolute Gasteiger partial charge is 0.377 e. The van der Waals surface area contributed by atoms with Crippen LogP contribution in [0, 0.1) is 5.41 Å². The average molecular weight is 211 g/mol. The molecule has 0 unspecified atom stereocenters. The summed E-state index contributed by atoms with van der Waals surface area (Å²) in [4.78, 5) is 0. The van der Waals surface area contributed by atoms with Crippen LogP contribution in [-0.2, 0) is 4.74 Å². The summed E-state index contributed by atoms with van der Waals surface area (Å²) in [5.74, 6) is 0. The van der Waals surface area contributed by atoms with Crippen molar-refractivity contribution in [3.63, 3.8) is 0 Å². The average Bonchev–Trinajstić information content (AvgIpc) is 2.17. The van der Waals surface area contributed by atoms with Crippen LogP contribution in [0.25, 0.3) is 0 Å². The van der Waals surface area contributed by atoms with Crippen LogP contribution in [0.1, 0.15) is 40.0 Å². The third kappa shape index (κ3) is 6.69. The highest BCUT2D eigenvalue weighted by atomic mass is 16.5. The zero-order chi connectivity index (χ0) is 11.1. The molecule has 1 heterocycles. The molecule has 1 N–H and O–H groups in total. The molecule has 0 aromatic rings. The van der Waals surface area contributed by atoms with E-state index in [-0.39, 0.29) is 0 Å². The van der Waals surface area contributed by atoms with E-state index in [2.05, 4.69) is 32.2 Å². The Labute approximate surface area is 94.1 Å². The Morgan fingerprint density at radius 3 is 2.73 bits per heavy atom. The Hall–Kier alpha value is -0.340. The summed E-state index contributed by atoms with van der Waals surface area (Å²) in [5.41, 5.74) is 1.91. The van der Waals surface area contributed by atoms with Gasteiger partial charge in [-0.05, 0) is 43.3 Å². The first-order valence-electron chi connectivity index (χ1n) is 6.04. The van der Waals surface area contributed by atoms with Crippen LogP contribution in [-0.4, -0.2) is 26.3 Å². The number of hydrogen-bond acceptors (Lipinski definition) is 2. The standard InChI is InChI=1S/C13H25NO/c1-13(2,3)7-9-14-8-6-12-5-4-10-15-11-12/h5,14H,4,6-11H2,1-3H3. The fraction of sp³-hybridized carbons (Fsp3) is 0.846. The molecular weight excluding hydrogens is 186 g/mol. The molecular formula is C13H25NO. The fourth-order valence-corrected chi connectivity index (χ4v) is 1.62. The summed E-state index contributed by atoms with van der Waals surface area (Å²) >= 11 is 0. The molecule has 0 spiro atoms. The van der Waals surface area contributed by atoms with Gasteiger partial charge in [0.2, 0.25) is 0 Å². The van der Waals surface area contributed by atoms with E-state index in [0.29, 0.717) is 5.41 Å². The molecule has 0 saturated carbocycles. The summed E-state index contributed by atoms with van der Waals surface area (Å²) in [7, 11) is 0. The summed E-state index contributed by atoms with van der Waals surface area (Å²) < 4.78 is 5.40. The van der Waals surface area contributed by atoms with Gasteiger partial charge in [0.05, 0.1) is 13.2 Å². The van der Waals surface area contributed by atoms with E-state index in [1.165, 1.54) is 12.0 Å². The lowest BCUT2D eigenvalue weighted by Gasteiger charge is -2.18. The summed E-state index contributed by atoms with van der Waals surface area (Å²) in [6.45, 7) is 10.8. The van der Waals surface area contributed by atoms with Gasteiger partial charge in [-0.3, -0.25) is 0 Å². The van der Waals surface area contributed by atoms with Crippen molar-refractivity contribution >= 4 is 0 Å². The monoisotopic (exact) mass is 211 g/mol. The summed E-state index contributed by atoms with van der Waals surface area (Å²) in [5, 5.41) is 3.49. The van der Waals surface area contributed by atoms with E-state index in [1.54, 1.807) is 0 Å². The lowest BCUT2D eigenvalue weighted by molar-refractivity contribution is 0.148. The van der Waals surface area contributed by atoms with Gasteiger partial charge < -0.3 is 10.1 Å². The molecule has 1 rings (SSSR count). The zero-order valence-electron chi connectivity index (χ0n) is 10.4. The van der Waals surface area contributed by atoms with Crippen molar-refractivity contribution in [2.45, 2.75) is 40.0 Å². The van der Waals surface area contributed by atoms with Gasteiger partial charge in [0.25, 0.3) is 0 Å². The third-order valence-electron chi connectivity index (χ3n) is 2.66. The first-order valence-corrected chi connectivity index (χ1v) is 6.04. The van der Waals surface area contributed by atoms with E-state index in [9.17, 15) is 0 Å². The van der Waals surface area contributed by atoms with Crippen LogP contribution in [0.3, 0.4) is 0 Å². The van der Waals surface area contributed by atoms with Crippen molar-refractivity contribution in [1.29, 1.82) is 0 Å². The molecule has 2 nitrogen and oxygen atoms in total. The quantitative estimate of drug-likeness (QED) is 0.558. The maximum absolute atomic E-state index is 5.40. The number of rotatable bonds is 5. The second kappa shape index (κ2) is 6.29. The second-order valence-corrected chi connectivity index (χ2v) is 5.51. The van der Waals surface area contributed by atoms with Gasteiger partial charge in [-0.15, -0.1) is 0 Å². The lowest BCUT2D eigenvalue weighted by atomic mass is 9.92. The Morgan fingerprint density at radius 2 is 2.13 bits per heavy atom. The fourth-order valence-electron chi connectivity index (χ4n) is 1.62. The van der Waals surface area contributed by atoms with Crippen molar-refractivity contribution in [2.24, 2.45) is 5.41 Å². The molecule has 88 valence electrons. The van der Waals surface area contributed by atoms with Crippen molar-refractivity contribution < 1.29 is 4.74 Å². The van der Waals surface area contributed by atoms with Crippen molar-refractivity contribution in [3.8, 4) is 0 Å². The Kier molecular flexibility index (Phi) is 5.34. The molecule has 0 radical (unpaired) electrons. The van der Waals surface area contributed by atoms with Crippen molar-refractivity contribution in [1.82, 2.24) is 5.32 Å². The van der Waals surface area contributed by atoms with Gasteiger partial charge in [0.15, 0.2) is 0 Å². The molecule has 0 atom stereocenters. The van der Waals surface area contributed by atoms with Crippen LogP contribution >= 0.6 is 0 Å². The number of hydrogen-bond donors (Lipinski definition) is 1. The SMILES string of the molecule is CC(C)(C)CCNCCC1=CCCOC1. The predicted octanol–water partition coefficient (Wildman–Crippen LogP) is 2.75. The zero-order valence-corrected chi connectivity index (χ0v) is 10.4. The molecule has 0 aromatic carbocycles. The highest BCUT2D eigenvalue weighted by Gasteiger charge is 2.08. The molecule has 15 heavy (non-hydrogen) atoms. The first-order chi connectivity index (χ1) is 7.08. The topological polar surface area (TPSA) is 21.3 Å². The van der Waals surface area contributed by atoms with Gasteiger partial charge in [0, 0.05) is 0 Å². The summed E-state index contributed by atoms with van der Waals surface area (Å²) in [6.07, 6.45) is 5.80. The minimum atomic E-state index is 0.445. The van der Waals surface area contributed by atoms with Crippen LogP contribution in [0.2, 0.25) is 0 Å². The van der Waals surface area contributed by atoms with E-state index >= 15 is 0 Å². The maximum Gasteiger partial charge on any atom is 0.0677 e. The van der Waals surface area contributed by atoms with Gasteiger partial charge in [-0.1, -0.05) is 26.8 Å². The molecule has 2 heteroatoms. The van der Waals surface area contributed by atoms with Gasteiger partial charge in [-0.25, -0.2) is 0 Å². The lowest BCUT2D eigenvalue weighted by Crippen LogP contribution is -2.22. The van der Waals surface area contributed by atoms with E-state index in [0.717, 1.165) is 39.1 Å². The van der Waals surface area contributed by atoms with Crippen LogP contribution in [0.5, 0.6) is 0 Å². The van der Waals surface area contributed by atoms with Crippen LogP contribution in [0.15, 0.2) is 11.6 Å². The predicted molar refractivity (Wildman–Crippen MR) is 65.1 cm³/mol. The minimum Gasteiger partial charge on any atom is -0.377 e. The first kappa shape index (κ1) is 12.7. The normalized spacial score (nSPS) is 17.7. The summed E-state index contributed by atoms with van der Waals surface area (Å²) in [6, 6.07) is 0. The molecule has 0 aromatic heterocycles. The number of ether oxygens (including phenoxy) is 1. The molecule has 0 aliphatic carbocycles. The van der Waals surface area contributed by atoms with E-state index in [1.807, 2.05) is 0 Å². The minimum absolute atomic E-state index is 0.445. The molecule has 0 amide bonds. The van der Waals surface area contributed by atoms with Gasteiger partial charge in [-0.2, -0.15) is 0 Å². The highest BCUT2D eigenvalue weighted by molar-refractivity contribution is 5.04. The van der Waals surface area contributed by atoms with Crippen molar-refractivity contribution in [3.05, 3.63) is 11.6 Å². The van der Waals surface area contributed by atoms with Crippen LogP contribution < -0.4 is 5.32 Å². The molecule has 0 saturated heterocycles. The van der Waals surface area contributed by atoms with E-state index < -0.39 is 0 Å². The molecule has 1 aliphatic heterocycles. The second-order valence-electron chi connectivity index (χ2n) is 5.51. The van der Waals surface area contributed by atoms with Gasteiger partial charge >= 0.3 is 0 Å². The Bertz CT molecular complexity index is 203. The van der Waals surface area contributed by atoms with Crippen molar-refractivity contribution in [2.75, 3.05) is 26.3 Å².